The van der Waals surface area contributed by atoms with Gasteiger partial charge in [0.25, 0.3) is 0 Å². The third kappa shape index (κ3) is 5.53. The van der Waals surface area contributed by atoms with Crippen LogP contribution in [0.25, 0.3) is 0 Å². The summed E-state index contributed by atoms with van der Waals surface area (Å²) in [7, 11) is 0. The molecule has 2 heterocycles. The lowest BCUT2D eigenvalue weighted by Gasteiger charge is -2.44. The first-order chi connectivity index (χ1) is 13.2. The Bertz CT molecular complexity index is 513. The van der Waals surface area contributed by atoms with Crippen LogP contribution in [0, 0.1) is 11.8 Å². The van der Waals surface area contributed by atoms with Crippen LogP contribution >= 0.6 is 23.4 Å². The van der Waals surface area contributed by atoms with E-state index >= 15 is 0 Å². The summed E-state index contributed by atoms with van der Waals surface area (Å²) < 4.78 is 5.80. The largest absolute Gasteiger partial charge is 0.388 e. The molecule has 0 aromatic heterocycles. The van der Waals surface area contributed by atoms with Gasteiger partial charge in [-0.3, -0.25) is 4.79 Å². The number of halogens is 1. The Morgan fingerprint density at radius 2 is 1.96 bits per heavy atom. The quantitative estimate of drug-likeness (QED) is 0.388. The highest BCUT2D eigenvalue weighted by Crippen LogP contribution is 2.30. The van der Waals surface area contributed by atoms with Gasteiger partial charge in [0.1, 0.15) is 29.9 Å². The molecule has 0 aliphatic carbocycles. The first-order valence-corrected chi connectivity index (χ1v) is 11.8. The van der Waals surface area contributed by atoms with Gasteiger partial charge < -0.3 is 30.7 Å². The van der Waals surface area contributed by atoms with Gasteiger partial charge in [-0.1, -0.05) is 20.3 Å². The van der Waals surface area contributed by atoms with Gasteiger partial charge in [0, 0.05) is 0 Å². The molecule has 0 radical (unpaired) electrons. The maximum absolute atomic E-state index is 12.9. The number of aliphatic hydroxyl groups is 3. The Labute approximate surface area is 176 Å². The number of ether oxygens (including phenoxy) is 1. The molecular weight excluding hydrogens is 404 g/mol. The average Bonchev–Trinajstić information content (AvgIpc) is 2.86. The minimum Gasteiger partial charge on any atom is -0.388 e. The topological polar surface area (TPSA) is 111 Å². The Kier molecular flexibility index (Phi) is 9.32. The molecule has 2 fully saturated rings. The summed E-state index contributed by atoms with van der Waals surface area (Å²) in [6.45, 7) is 6.87. The average molecular weight is 439 g/mol. The van der Waals surface area contributed by atoms with Crippen LogP contribution in [0.3, 0.4) is 0 Å². The highest BCUT2D eigenvalue weighted by atomic mass is 35.5. The second-order valence-corrected chi connectivity index (χ2v) is 9.70. The molecule has 5 N–H and O–H groups in total. The van der Waals surface area contributed by atoms with Crippen molar-refractivity contribution in [2.45, 2.75) is 87.3 Å². The molecule has 2 aliphatic heterocycles. The molecule has 2 rings (SSSR count). The van der Waals surface area contributed by atoms with Gasteiger partial charge in [0.15, 0.2) is 0 Å². The molecule has 9 heteroatoms. The zero-order valence-corrected chi connectivity index (χ0v) is 18.6. The maximum atomic E-state index is 12.9. The summed E-state index contributed by atoms with van der Waals surface area (Å²) >= 11 is 7.56. The molecule has 0 bridgehead atoms. The van der Waals surface area contributed by atoms with Gasteiger partial charge in [-0.05, 0) is 44.4 Å². The van der Waals surface area contributed by atoms with Crippen LogP contribution in [0.2, 0.25) is 0 Å². The van der Waals surface area contributed by atoms with Gasteiger partial charge >= 0.3 is 0 Å². The molecule has 0 aromatic rings. The summed E-state index contributed by atoms with van der Waals surface area (Å²) in [6.07, 6.45) is -0.290. The fraction of sp³-hybridized carbons (Fsp3) is 0.947. The Hall–Kier alpha value is -0.0900. The van der Waals surface area contributed by atoms with Crippen molar-refractivity contribution in [2.24, 2.45) is 11.8 Å². The van der Waals surface area contributed by atoms with E-state index in [2.05, 4.69) is 24.5 Å². The van der Waals surface area contributed by atoms with Crippen molar-refractivity contribution >= 4 is 29.3 Å². The van der Waals surface area contributed by atoms with Crippen LogP contribution in [-0.2, 0) is 9.53 Å². The number of amides is 1. The van der Waals surface area contributed by atoms with E-state index in [0.29, 0.717) is 11.8 Å². The van der Waals surface area contributed by atoms with E-state index in [0.717, 1.165) is 25.8 Å². The molecule has 164 valence electrons. The molecule has 10 unspecified atom stereocenters. The van der Waals surface area contributed by atoms with E-state index in [4.69, 9.17) is 16.3 Å². The lowest BCUT2D eigenvalue weighted by atomic mass is 9.88. The lowest BCUT2D eigenvalue weighted by Crippen LogP contribution is -2.65. The summed E-state index contributed by atoms with van der Waals surface area (Å²) in [4.78, 5) is 12.9. The van der Waals surface area contributed by atoms with Crippen LogP contribution in [0.1, 0.15) is 40.0 Å². The predicted molar refractivity (Wildman–Crippen MR) is 111 cm³/mol. The normalized spacial score (nSPS) is 41.7. The Morgan fingerprint density at radius 3 is 2.54 bits per heavy atom. The third-order valence-corrected chi connectivity index (χ3v) is 7.28. The number of alkyl halides is 1. The van der Waals surface area contributed by atoms with Crippen LogP contribution in [0.15, 0.2) is 0 Å². The van der Waals surface area contributed by atoms with Crippen molar-refractivity contribution in [1.82, 2.24) is 10.6 Å². The first kappa shape index (κ1) is 24.2. The molecule has 10 atom stereocenters. The van der Waals surface area contributed by atoms with Crippen molar-refractivity contribution in [2.75, 3.05) is 12.8 Å². The summed E-state index contributed by atoms with van der Waals surface area (Å²) in [5.74, 6) is 0.919. The fourth-order valence-corrected chi connectivity index (χ4v) is 5.07. The van der Waals surface area contributed by atoms with Crippen LogP contribution in [0.5, 0.6) is 0 Å². The van der Waals surface area contributed by atoms with Gasteiger partial charge in [-0.15, -0.1) is 23.4 Å². The van der Waals surface area contributed by atoms with Crippen LogP contribution in [-0.4, -0.2) is 81.3 Å². The zero-order chi connectivity index (χ0) is 21.0. The van der Waals surface area contributed by atoms with E-state index in [1.54, 1.807) is 13.2 Å². The van der Waals surface area contributed by atoms with Crippen molar-refractivity contribution in [3.63, 3.8) is 0 Å². The SMILES string of the molecule is CCC1CCC(C(=O)NC(C(C)Cl)C2OC(SC)C(O)C(O)C2O)NCC1C. The summed E-state index contributed by atoms with van der Waals surface area (Å²) in [5.41, 5.74) is -0.708. The zero-order valence-electron chi connectivity index (χ0n) is 17.0. The van der Waals surface area contributed by atoms with E-state index in [1.807, 2.05) is 0 Å². The van der Waals surface area contributed by atoms with E-state index in [9.17, 15) is 20.1 Å². The standard InChI is InChI=1S/C19H35ClN2O5S/c1-5-11-6-7-12(21-8-9(11)2)18(26)22-13(10(3)20)17-15(24)14(23)16(25)19(27-17)28-4/h9-17,19,21,23-25H,5-8H2,1-4H3,(H,22,26). The fourth-order valence-electron chi connectivity index (χ4n) is 4.18. The smallest absolute Gasteiger partial charge is 0.237 e. The Balaban J connectivity index is 2.08. The van der Waals surface area contributed by atoms with E-state index in [-0.39, 0.29) is 11.9 Å². The van der Waals surface area contributed by atoms with E-state index < -0.39 is 41.3 Å². The number of carbonyl (C=O) groups excluding carboxylic acids is 1. The molecule has 0 aromatic carbocycles. The van der Waals surface area contributed by atoms with Gasteiger partial charge in [0.2, 0.25) is 5.91 Å². The molecule has 2 saturated heterocycles. The van der Waals surface area contributed by atoms with Crippen LogP contribution in [0.4, 0.5) is 0 Å². The van der Waals surface area contributed by atoms with Crippen molar-refractivity contribution in [3.8, 4) is 0 Å². The maximum Gasteiger partial charge on any atom is 0.237 e. The third-order valence-electron chi connectivity index (χ3n) is 6.15. The number of carbonyl (C=O) groups is 1. The number of hydrogen-bond acceptors (Lipinski definition) is 7. The van der Waals surface area contributed by atoms with Crippen molar-refractivity contribution < 1.29 is 24.9 Å². The molecule has 0 spiro atoms. The predicted octanol–water partition coefficient (Wildman–Crippen LogP) is 0.683. The highest BCUT2D eigenvalue weighted by molar-refractivity contribution is 7.99. The molecule has 1 amide bonds. The minimum atomic E-state index is -1.37. The number of hydrogen-bond donors (Lipinski definition) is 5. The second kappa shape index (κ2) is 10.8. The van der Waals surface area contributed by atoms with Crippen molar-refractivity contribution in [1.29, 1.82) is 0 Å². The lowest BCUT2D eigenvalue weighted by molar-refractivity contribution is -0.205. The van der Waals surface area contributed by atoms with E-state index in [1.165, 1.54) is 11.8 Å². The van der Waals surface area contributed by atoms with Crippen LogP contribution < -0.4 is 10.6 Å². The first-order valence-electron chi connectivity index (χ1n) is 10.1. The summed E-state index contributed by atoms with van der Waals surface area (Å²) in [6, 6.07) is -1.03. The molecule has 2 aliphatic rings. The number of thioether (sulfide) groups is 1. The number of nitrogens with one attached hydrogen (secondary N) is 2. The van der Waals surface area contributed by atoms with Gasteiger partial charge in [0.05, 0.1) is 17.5 Å². The molecule has 7 nitrogen and oxygen atoms in total. The molecule has 28 heavy (non-hydrogen) atoms. The minimum absolute atomic E-state index is 0.182. The monoisotopic (exact) mass is 438 g/mol. The van der Waals surface area contributed by atoms with Gasteiger partial charge in [-0.2, -0.15) is 0 Å². The highest BCUT2D eigenvalue weighted by Gasteiger charge is 2.48. The van der Waals surface area contributed by atoms with Gasteiger partial charge in [-0.25, -0.2) is 0 Å². The number of rotatable bonds is 6. The summed E-state index contributed by atoms with van der Waals surface area (Å²) in [5, 5.41) is 36.4. The number of aliphatic hydroxyl groups excluding tert-OH is 3. The molecular formula is C19H35ClN2O5S. The molecule has 0 saturated carbocycles. The van der Waals surface area contributed by atoms with Crippen molar-refractivity contribution in [3.05, 3.63) is 0 Å². The second-order valence-electron chi connectivity index (χ2n) is 8.07. The Morgan fingerprint density at radius 1 is 1.29 bits per heavy atom.